The number of carbonyl (C=O) groups is 2. The lowest BCUT2D eigenvalue weighted by molar-refractivity contribution is -0.116. The largest absolute Gasteiger partial charge is 0.478 e. The Morgan fingerprint density at radius 1 is 1.08 bits per heavy atom. The molecule has 0 radical (unpaired) electrons. The molecule has 0 bridgehead atoms. The van der Waals surface area contributed by atoms with Crippen molar-refractivity contribution in [3.05, 3.63) is 108 Å². The molecule has 2 atom stereocenters. The van der Waals surface area contributed by atoms with Crippen molar-refractivity contribution in [1.82, 2.24) is 15.2 Å². The van der Waals surface area contributed by atoms with Gasteiger partial charge in [0.05, 0.1) is 23.0 Å². The lowest BCUT2D eigenvalue weighted by atomic mass is 10.0. The van der Waals surface area contributed by atoms with Crippen molar-refractivity contribution in [2.75, 3.05) is 11.9 Å². The van der Waals surface area contributed by atoms with Crippen LogP contribution in [0.25, 0.3) is 11.3 Å². The van der Waals surface area contributed by atoms with Crippen LogP contribution in [-0.2, 0) is 4.79 Å². The van der Waals surface area contributed by atoms with E-state index < -0.39 is 17.8 Å². The fourth-order valence-electron chi connectivity index (χ4n) is 4.42. The number of thiocarbonyl (C=S) groups is 1. The Labute approximate surface area is 223 Å². The van der Waals surface area contributed by atoms with Crippen LogP contribution in [0.4, 0.5) is 10.1 Å². The molecule has 192 valence electrons. The number of anilines is 1. The average Bonchev–Trinajstić information content (AvgIpc) is 3.54. The number of furan rings is 1. The van der Waals surface area contributed by atoms with Gasteiger partial charge in [0.25, 0.3) is 0 Å². The second-order valence-electron chi connectivity index (χ2n) is 8.69. The molecule has 0 saturated carbocycles. The van der Waals surface area contributed by atoms with E-state index in [1.807, 2.05) is 29.2 Å². The van der Waals surface area contributed by atoms with E-state index in [0.29, 0.717) is 22.2 Å². The van der Waals surface area contributed by atoms with Crippen molar-refractivity contribution >= 4 is 34.9 Å². The Bertz CT molecular complexity index is 1490. The average molecular weight is 531 g/mol. The minimum Gasteiger partial charge on any atom is -0.478 e. The third-order valence-electron chi connectivity index (χ3n) is 6.24. The number of nitrogens with one attached hydrogen (secondary N) is 2. The van der Waals surface area contributed by atoms with Gasteiger partial charge in [0.15, 0.2) is 5.11 Å². The summed E-state index contributed by atoms with van der Waals surface area (Å²) in [5.41, 5.74) is 1.62. The Balaban J connectivity index is 1.41. The maximum absolute atomic E-state index is 14.0. The molecule has 2 aromatic carbocycles. The van der Waals surface area contributed by atoms with Crippen LogP contribution >= 0.6 is 12.2 Å². The van der Waals surface area contributed by atoms with Gasteiger partial charge in [-0.05, 0) is 60.7 Å². The molecule has 0 unspecified atom stereocenters. The summed E-state index contributed by atoms with van der Waals surface area (Å²) in [6.07, 6.45) is 1.74. The molecular formula is C28H23FN4O4S. The molecule has 3 heterocycles. The topological polar surface area (TPSA) is 108 Å². The van der Waals surface area contributed by atoms with Gasteiger partial charge >= 0.3 is 5.97 Å². The lowest BCUT2D eigenvalue weighted by Crippen LogP contribution is -2.32. The first-order chi connectivity index (χ1) is 18.4. The number of carboxylic acids is 1. The van der Waals surface area contributed by atoms with Crippen LogP contribution in [-0.4, -0.2) is 38.5 Å². The molecule has 5 rings (SSSR count). The predicted molar refractivity (Wildman–Crippen MR) is 143 cm³/mol. The van der Waals surface area contributed by atoms with Crippen LogP contribution in [0.5, 0.6) is 0 Å². The van der Waals surface area contributed by atoms with E-state index in [0.717, 1.165) is 5.69 Å². The third-order valence-corrected chi connectivity index (χ3v) is 6.59. The molecule has 3 N–H and O–H groups in total. The molecule has 0 aliphatic carbocycles. The third kappa shape index (κ3) is 5.25. The van der Waals surface area contributed by atoms with E-state index in [4.69, 9.17) is 16.6 Å². The molecule has 1 aliphatic heterocycles. The first-order valence-electron chi connectivity index (χ1n) is 11.9. The van der Waals surface area contributed by atoms with Gasteiger partial charge in [-0.25, -0.2) is 9.18 Å². The van der Waals surface area contributed by atoms with Crippen LogP contribution in [0, 0.1) is 5.82 Å². The quantitative estimate of drug-likeness (QED) is 0.268. The first kappa shape index (κ1) is 25.1. The normalized spacial score (nSPS) is 16.8. The molecule has 2 aromatic heterocycles. The number of carboxylic acid groups (broad SMARTS) is 1. The van der Waals surface area contributed by atoms with Gasteiger partial charge in [-0.2, -0.15) is 0 Å². The number of pyridine rings is 1. The number of benzene rings is 2. The fraction of sp³-hybridized carbons (Fsp3) is 0.143. The fourth-order valence-corrected chi connectivity index (χ4v) is 4.76. The Kier molecular flexibility index (Phi) is 7.14. The van der Waals surface area contributed by atoms with Crippen LogP contribution in [0.3, 0.4) is 0 Å². The monoisotopic (exact) mass is 530 g/mol. The van der Waals surface area contributed by atoms with Crippen molar-refractivity contribution in [3.8, 4) is 11.3 Å². The number of hydrogen-bond acceptors (Lipinski definition) is 5. The zero-order valence-electron chi connectivity index (χ0n) is 20.0. The molecule has 0 spiro atoms. The highest BCUT2D eigenvalue weighted by Crippen LogP contribution is 2.40. The van der Waals surface area contributed by atoms with Gasteiger partial charge in [-0.3, -0.25) is 9.78 Å². The van der Waals surface area contributed by atoms with Crippen LogP contribution in [0.15, 0.2) is 89.5 Å². The second kappa shape index (κ2) is 10.8. The molecule has 10 heteroatoms. The van der Waals surface area contributed by atoms with Crippen LogP contribution in [0.1, 0.15) is 40.3 Å². The molecule has 1 fully saturated rings. The zero-order valence-corrected chi connectivity index (χ0v) is 20.8. The molecule has 1 amide bonds. The summed E-state index contributed by atoms with van der Waals surface area (Å²) in [6, 6.07) is 20.8. The number of para-hydroxylation sites is 1. The Morgan fingerprint density at radius 2 is 1.89 bits per heavy atom. The summed E-state index contributed by atoms with van der Waals surface area (Å²) in [5, 5.41) is 15.7. The summed E-state index contributed by atoms with van der Waals surface area (Å²) < 4.78 is 20.2. The van der Waals surface area contributed by atoms with Crippen LogP contribution in [0.2, 0.25) is 0 Å². The smallest absolute Gasteiger partial charge is 0.335 e. The van der Waals surface area contributed by atoms with E-state index in [1.54, 1.807) is 42.6 Å². The molecule has 4 aromatic rings. The minimum atomic E-state index is -1.03. The van der Waals surface area contributed by atoms with Gasteiger partial charge in [0.2, 0.25) is 5.91 Å². The molecule has 1 saturated heterocycles. The van der Waals surface area contributed by atoms with E-state index in [2.05, 4.69) is 15.6 Å². The first-order valence-corrected chi connectivity index (χ1v) is 12.3. The summed E-state index contributed by atoms with van der Waals surface area (Å²) >= 11 is 5.63. The number of hydrogen-bond donors (Lipinski definition) is 3. The van der Waals surface area contributed by atoms with Gasteiger partial charge in [-0.15, -0.1) is 0 Å². The van der Waals surface area contributed by atoms with Crippen molar-refractivity contribution in [2.45, 2.75) is 18.5 Å². The summed E-state index contributed by atoms with van der Waals surface area (Å²) in [4.78, 5) is 30.4. The van der Waals surface area contributed by atoms with Crippen molar-refractivity contribution in [3.63, 3.8) is 0 Å². The molecular weight excluding hydrogens is 507 g/mol. The highest BCUT2D eigenvalue weighted by atomic mass is 32.1. The van der Waals surface area contributed by atoms with E-state index in [9.17, 15) is 19.1 Å². The molecule has 1 aliphatic rings. The van der Waals surface area contributed by atoms with Gasteiger partial charge in [0, 0.05) is 24.7 Å². The van der Waals surface area contributed by atoms with E-state index >= 15 is 0 Å². The maximum atomic E-state index is 14.0. The second-order valence-corrected chi connectivity index (χ2v) is 9.07. The number of aromatic carboxylic acids is 1. The number of amides is 1. The Morgan fingerprint density at radius 3 is 2.66 bits per heavy atom. The van der Waals surface area contributed by atoms with E-state index in [1.165, 1.54) is 18.2 Å². The standard InChI is InChI=1S/C28H23FN4O4S/c29-19-8-1-2-9-20(19)31-24(34)13-15-33-26(25(32-28(33)38)21-10-3-4-14-30-21)23-12-11-22(37-23)17-6-5-7-18(16-17)27(35)36/h1-12,14,16,25-26H,13,15H2,(H,31,34)(H,32,38)(H,35,36)/t25-,26+/m0/s1. The SMILES string of the molecule is O=C(CCN1C(=S)N[C@@H](c2ccccn2)[C@H]1c1ccc(-c2cccc(C(=O)O)c2)o1)Nc1ccccc1F. The Hall–Kier alpha value is -4.57. The maximum Gasteiger partial charge on any atom is 0.335 e. The van der Waals surface area contributed by atoms with Gasteiger partial charge < -0.3 is 25.1 Å². The molecule has 38 heavy (non-hydrogen) atoms. The number of halogens is 1. The van der Waals surface area contributed by atoms with Gasteiger partial charge in [0.1, 0.15) is 23.4 Å². The van der Waals surface area contributed by atoms with Crippen molar-refractivity contribution in [2.24, 2.45) is 0 Å². The van der Waals surface area contributed by atoms with Crippen molar-refractivity contribution in [1.29, 1.82) is 0 Å². The lowest BCUT2D eigenvalue weighted by Gasteiger charge is -2.25. The summed E-state index contributed by atoms with van der Waals surface area (Å²) in [7, 11) is 0. The number of carbonyl (C=O) groups excluding carboxylic acids is 1. The highest BCUT2D eigenvalue weighted by Gasteiger charge is 2.41. The number of aromatic nitrogens is 1. The summed E-state index contributed by atoms with van der Waals surface area (Å²) in [5.74, 6) is -0.832. The molecule has 8 nitrogen and oxygen atoms in total. The van der Waals surface area contributed by atoms with Crippen molar-refractivity contribution < 1.29 is 23.5 Å². The van der Waals surface area contributed by atoms with Gasteiger partial charge in [-0.1, -0.05) is 30.3 Å². The number of nitrogens with zero attached hydrogens (tertiary/aromatic N) is 2. The zero-order chi connectivity index (χ0) is 26.6. The van der Waals surface area contributed by atoms with E-state index in [-0.39, 0.29) is 36.2 Å². The predicted octanol–water partition coefficient (Wildman–Crippen LogP) is 5.18. The van der Waals surface area contributed by atoms with Crippen LogP contribution < -0.4 is 10.6 Å². The summed E-state index contributed by atoms with van der Waals surface area (Å²) in [6.45, 7) is 0.241. The minimum absolute atomic E-state index is 0.0514. The highest BCUT2D eigenvalue weighted by molar-refractivity contribution is 7.80. The number of rotatable bonds is 8.